The smallest absolute Gasteiger partial charge is 0.326 e. The summed E-state index contributed by atoms with van der Waals surface area (Å²) in [6.07, 6.45) is -2.81. The van der Waals surface area contributed by atoms with Crippen LogP contribution in [-0.2, 0) is 54.3 Å². The molecule has 3 fully saturated rings. The van der Waals surface area contributed by atoms with Crippen molar-refractivity contribution in [3.8, 4) is 5.75 Å². The number of fused-ring (bicyclic) bond motifs is 2. The van der Waals surface area contributed by atoms with Crippen LogP contribution in [0.25, 0.3) is 10.9 Å². The van der Waals surface area contributed by atoms with E-state index in [9.17, 15) is 39.0 Å². The molecule has 0 spiro atoms. The number of esters is 1. The van der Waals surface area contributed by atoms with Gasteiger partial charge in [-0.1, -0.05) is 0 Å². The number of nitrogens with zero attached hydrogens (tertiary/aromatic N) is 3. The Hall–Kier alpha value is -4.07. The molecule has 5 rings (SSSR count). The zero-order valence-electron chi connectivity index (χ0n) is 28.3. The molecule has 17 nitrogen and oxygen atoms in total. The number of carbonyl (C=O) groups is 6. The highest BCUT2D eigenvalue weighted by Gasteiger charge is 2.50. The van der Waals surface area contributed by atoms with E-state index in [0.717, 1.165) is 15.8 Å². The molecule has 3 aliphatic heterocycles. The number of benzene rings is 1. The lowest BCUT2D eigenvalue weighted by atomic mass is 9.94. The van der Waals surface area contributed by atoms with Crippen molar-refractivity contribution in [2.45, 2.75) is 62.7 Å². The summed E-state index contributed by atoms with van der Waals surface area (Å²) in [4.78, 5) is 75.2. The van der Waals surface area contributed by atoms with Crippen molar-refractivity contribution in [3.63, 3.8) is 0 Å². The van der Waals surface area contributed by atoms with Crippen molar-refractivity contribution in [2.24, 2.45) is 0 Å². The quantitative estimate of drug-likeness (QED) is 0.106. The highest BCUT2D eigenvalue weighted by molar-refractivity contribution is 8.01. The third kappa shape index (κ3) is 9.63. The number of ketones is 1. The van der Waals surface area contributed by atoms with Crippen LogP contribution < -0.4 is 10.1 Å². The topological polar surface area (TPSA) is 212 Å². The number of carbonyl (C=O) groups excluding carboxylic acids is 6. The molecular weight excluding hydrogens is 692 g/mol. The molecule has 3 N–H and O–H groups in total. The number of thioether (sulfide) groups is 1. The summed E-state index contributed by atoms with van der Waals surface area (Å²) in [6, 6.07) is 6.22. The molecule has 0 radical (unpaired) electrons. The number of rotatable bonds is 16. The first-order chi connectivity index (χ1) is 24.4. The molecule has 3 saturated heterocycles. The van der Waals surface area contributed by atoms with E-state index in [4.69, 9.17) is 23.7 Å². The van der Waals surface area contributed by atoms with Crippen LogP contribution in [0.2, 0.25) is 0 Å². The fourth-order valence-corrected chi connectivity index (χ4v) is 7.03. The molecule has 0 saturated carbocycles. The lowest BCUT2D eigenvalue weighted by Crippen LogP contribution is -2.68. The normalized spacial score (nSPS) is 24.8. The molecule has 4 amide bonds. The second-order valence-corrected chi connectivity index (χ2v) is 13.5. The van der Waals surface area contributed by atoms with Gasteiger partial charge in [0, 0.05) is 43.5 Å². The number of aromatic nitrogens is 1. The van der Waals surface area contributed by atoms with Gasteiger partial charge in [0.15, 0.2) is 6.29 Å². The Morgan fingerprint density at radius 1 is 1.06 bits per heavy atom. The second-order valence-electron chi connectivity index (χ2n) is 12.3. The number of aliphatic hydroxyl groups excluding tert-OH is 2. The minimum Gasteiger partial charge on any atom is -0.492 e. The van der Waals surface area contributed by atoms with Gasteiger partial charge in [-0.2, -0.15) is 0 Å². The van der Waals surface area contributed by atoms with Crippen molar-refractivity contribution in [2.75, 3.05) is 58.4 Å². The number of hydrogen-bond donors (Lipinski definition) is 3. The van der Waals surface area contributed by atoms with Gasteiger partial charge in [-0.15, -0.1) is 11.8 Å². The van der Waals surface area contributed by atoms with Gasteiger partial charge >= 0.3 is 5.97 Å². The minimum absolute atomic E-state index is 0.0431. The van der Waals surface area contributed by atoms with Crippen LogP contribution >= 0.6 is 11.8 Å². The third-order valence-corrected chi connectivity index (χ3v) is 9.93. The lowest BCUT2D eigenvalue weighted by Gasteiger charge is -2.49. The summed E-state index contributed by atoms with van der Waals surface area (Å²) in [6.45, 7) is 2.78. The van der Waals surface area contributed by atoms with Crippen LogP contribution in [0.15, 0.2) is 30.5 Å². The van der Waals surface area contributed by atoms with E-state index >= 15 is 0 Å². The lowest BCUT2D eigenvalue weighted by molar-refractivity contribution is -0.296. The number of hydrogen-bond acceptors (Lipinski definition) is 14. The van der Waals surface area contributed by atoms with Gasteiger partial charge in [0.25, 0.3) is 0 Å². The first-order valence-electron chi connectivity index (χ1n) is 16.5. The van der Waals surface area contributed by atoms with E-state index in [0.29, 0.717) is 5.75 Å². The Bertz CT molecular complexity index is 1620. The van der Waals surface area contributed by atoms with Crippen LogP contribution in [0.5, 0.6) is 5.75 Å². The second kappa shape index (κ2) is 17.4. The van der Waals surface area contributed by atoms with Gasteiger partial charge in [0.05, 0.1) is 30.8 Å². The predicted octanol–water partition coefficient (Wildman–Crippen LogP) is -1.16. The summed E-state index contributed by atoms with van der Waals surface area (Å²) in [7, 11) is 0. The molecule has 2 aromatic rings. The summed E-state index contributed by atoms with van der Waals surface area (Å²) in [5.74, 6) is -1.26. The Kier molecular flexibility index (Phi) is 13.0. The molecular formula is C33H42N4O13S. The standard InChI is InChI=1S/C33H42N4O13S/c1-19(38)18-51-25-14-27(41)37(32(25)45)8-9-47-22-3-4-23-21(13-22)5-6-35(23)16-28(42)48-12-11-46-17-26(40)34-15-24-30(43)31(44)29-33(50-24)49-10-7-36(29)20(2)39/h3-6,13,24-25,29-31,33,43-44H,7-12,14-18H2,1-2H3,(H,34,40)/t24?,25?,29-,30+,31-,33+/m1/s1. The molecule has 1 aromatic carbocycles. The molecule has 2 unspecified atom stereocenters. The van der Waals surface area contributed by atoms with Crippen molar-refractivity contribution in [1.29, 1.82) is 0 Å². The van der Waals surface area contributed by atoms with E-state index in [-0.39, 0.29) is 94.9 Å². The Morgan fingerprint density at radius 3 is 2.63 bits per heavy atom. The maximum absolute atomic E-state index is 12.5. The fourth-order valence-electron chi connectivity index (χ4n) is 6.06. The average Bonchev–Trinajstić information content (AvgIpc) is 3.62. The van der Waals surface area contributed by atoms with Crippen LogP contribution in [0.4, 0.5) is 0 Å². The Morgan fingerprint density at radius 2 is 1.86 bits per heavy atom. The van der Waals surface area contributed by atoms with Gasteiger partial charge in [0.1, 0.15) is 62.3 Å². The van der Waals surface area contributed by atoms with Crippen molar-refractivity contribution in [3.05, 3.63) is 30.5 Å². The van der Waals surface area contributed by atoms with Crippen LogP contribution in [0.1, 0.15) is 20.3 Å². The van der Waals surface area contributed by atoms with E-state index < -0.39 is 47.8 Å². The van der Waals surface area contributed by atoms with Crippen LogP contribution in [0, 0.1) is 0 Å². The summed E-state index contributed by atoms with van der Waals surface area (Å²) in [5.41, 5.74) is 0.754. The number of aliphatic hydroxyl groups is 2. The number of Topliss-reactive ketones (excluding diaryl/α,β-unsaturated/α-hetero) is 1. The van der Waals surface area contributed by atoms with E-state index in [1.165, 1.54) is 30.5 Å². The molecule has 1 aromatic heterocycles. The summed E-state index contributed by atoms with van der Waals surface area (Å²) < 4.78 is 29.3. The zero-order valence-corrected chi connectivity index (χ0v) is 29.1. The van der Waals surface area contributed by atoms with E-state index in [2.05, 4.69) is 5.32 Å². The molecule has 6 atom stereocenters. The predicted molar refractivity (Wildman–Crippen MR) is 178 cm³/mol. The Labute approximate surface area is 297 Å². The Balaban J connectivity index is 0.970. The number of likely N-dealkylation sites (tertiary alicyclic amines) is 1. The number of amides is 4. The summed E-state index contributed by atoms with van der Waals surface area (Å²) in [5, 5.41) is 23.9. The van der Waals surface area contributed by atoms with Crippen molar-refractivity contribution < 1.29 is 62.7 Å². The highest BCUT2D eigenvalue weighted by atomic mass is 32.2. The first-order valence-corrected chi connectivity index (χ1v) is 17.5. The summed E-state index contributed by atoms with van der Waals surface area (Å²) >= 11 is 1.18. The van der Waals surface area contributed by atoms with Crippen molar-refractivity contribution >= 4 is 58.0 Å². The first kappa shape index (κ1) is 38.2. The monoisotopic (exact) mass is 734 g/mol. The van der Waals surface area contributed by atoms with Gasteiger partial charge in [0.2, 0.25) is 23.6 Å². The molecule has 0 bridgehead atoms. The SMILES string of the molecule is CC(=O)CSC1CC(=O)N(CCOc2ccc3c(ccn3CC(=O)OCCOCC(=O)NCC3O[C@@H]4OCCN(C(C)=O)[C@@H]4[C@@H](O)[C@H]3O)c2)C1=O. The zero-order chi connectivity index (χ0) is 36.7. The van der Waals surface area contributed by atoms with Gasteiger partial charge < -0.3 is 48.7 Å². The minimum atomic E-state index is -1.37. The van der Waals surface area contributed by atoms with Crippen LogP contribution in [0.3, 0.4) is 0 Å². The number of ether oxygens (including phenoxy) is 5. The molecule has 278 valence electrons. The molecule has 51 heavy (non-hydrogen) atoms. The van der Waals surface area contributed by atoms with Gasteiger partial charge in [-0.3, -0.25) is 33.7 Å². The number of nitrogens with one attached hydrogen (secondary N) is 1. The van der Waals surface area contributed by atoms with Gasteiger partial charge in [-0.25, -0.2) is 0 Å². The largest absolute Gasteiger partial charge is 0.492 e. The van der Waals surface area contributed by atoms with E-state index in [1.54, 1.807) is 35.0 Å². The maximum Gasteiger partial charge on any atom is 0.326 e. The number of morpholine rings is 1. The van der Waals surface area contributed by atoms with E-state index in [1.807, 2.05) is 0 Å². The van der Waals surface area contributed by atoms with Crippen molar-refractivity contribution in [1.82, 2.24) is 19.7 Å². The number of imide groups is 1. The maximum atomic E-state index is 12.5. The molecule has 4 heterocycles. The molecule has 3 aliphatic rings. The van der Waals surface area contributed by atoms with Gasteiger partial charge in [-0.05, 0) is 31.2 Å². The fraction of sp³-hybridized carbons (Fsp3) is 0.576. The third-order valence-electron chi connectivity index (χ3n) is 8.59. The van der Waals surface area contributed by atoms with Crippen LogP contribution in [-0.4, -0.2) is 154 Å². The highest BCUT2D eigenvalue weighted by Crippen LogP contribution is 2.29. The average molecular weight is 735 g/mol. The molecule has 18 heteroatoms. The molecule has 0 aliphatic carbocycles.